The molecule has 0 spiro atoms. The molecule has 2 aliphatic heterocycles. The summed E-state index contributed by atoms with van der Waals surface area (Å²) in [6.07, 6.45) is 5.02. The number of hydrogen-bond donors (Lipinski definition) is 4. The number of carbonyl (C=O) groups excluding carboxylic acids is 4. The third kappa shape index (κ3) is 9.12. The number of H-pyrrole nitrogens is 2. The number of carbonyl (C=O) groups is 4. The maximum absolute atomic E-state index is 15.5. The molecule has 2 fully saturated rings. The standard InChI is InChI=1S/C42H49FN8O6/c1-24(2)35(48-41(54)56-5)39(52)50-19-7-9-33(50)37-44-22-31(46-37)28-16-13-26(14-17-28)11-12-27-15-18-29(30(43)21-27)32-23-45-38(47-32)34-10-8-20-51(34)40(53)36(25(3)4)49-42(55)57-6/h13-18,21-25,33-36H,7-10,19-20H2,1-6H3,(H,44,46)(H,45,47)(H,48,54)(H,49,55)/t33-,34-,35?,36-/m0/s1. The van der Waals surface area contributed by atoms with Gasteiger partial charge in [0, 0.05) is 29.8 Å². The number of amides is 4. The zero-order valence-electron chi connectivity index (χ0n) is 33.0. The Balaban J connectivity index is 1.10. The third-order valence-corrected chi connectivity index (χ3v) is 10.5. The van der Waals surface area contributed by atoms with Crippen molar-refractivity contribution in [3.05, 3.63) is 83.5 Å². The minimum atomic E-state index is -0.752. The van der Waals surface area contributed by atoms with Gasteiger partial charge in [-0.1, -0.05) is 51.7 Å². The van der Waals surface area contributed by atoms with Gasteiger partial charge in [-0.05, 0) is 73.4 Å². The molecule has 2 aromatic heterocycles. The Morgan fingerprint density at radius 3 is 1.70 bits per heavy atom. The molecule has 57 heavy (non-hydrogen) atoms. The second kappa shape index (κ2) is 17.7. The normalized spacial score (nSPS) is 17.6. The molecule has 0 radical (unpaired) electrons. The summed E-state index contributed by atoms with van der Waals surface area (Å²) in [7, 11) is 2.53. The number of aromatic amines is 2. The average molecular weight is 781 g/mol. The van der Waals surface area contributed by atoms with Crippen molar-refractivity contribution in [2.24, 2.45) is 11.8 Å². The molecule has 0 saturated carbocycles. The lowest BCUT2D eigenvalue weighted by molar-refractivity contribution is -0.136. The fraction of sp³-hybridized carbons (Fsp3) is 0.429. The largest absolute Gasteiger partial charge is 0.453 e. The Morgan fingerprint density at radius 1 is 0.737 bits per heavy atom. The zero-order valence-corrected chi connectivity index (χ0v) is 33.0. The van der Waals surface area contributed by atoms with Crippen LogP contribution in [0.25, 0.3) is 22.5 Å². The van der Waals surface area contributed by atoms with Gasteiger partial charge in [0.1, 0.15) is 29.5 Å². The van der Waals surface area contributed by atoms with Crippen LogP contribution in [0.3, 0.4) is 0 Å². The molecule has 4 N–H and O–H groups in total. The van der Waals surface area contributed by atoms with E-state index in [2.05, 4.69) is 42.4 Å². The quantitative estimate of drug-likeness (QED) is 0.140. The van der Waals surface area contributed by atoms with Crippen molar-refractivity contribution >= 4 is 24.0 Å². The van der Waals surface area contributed by atoms with Crippen LogP contribution in [-0.2, 0) is 19.1 Å². The van der Waals surface area contributed by atoms with E-state index >= 15 is 4.39 Å². The van der Waals surface area contributed by atoms with Crippen molar-refractivity contribution in [2.75, 3.05) is 27.3 Å². The first-order valence-corrected chi connectivity index (χ1v) is 19.2. The van der Waals surface area contributed by atoms with E-state index in [1.807, 2.05) is 52.0 Å². The zero-order chi connectivity index (χ0) is 40.8. The first kappa shape index (κ1) is 40.5. The van der Waals surface area contributed by atoms with Gasteiger partial charge < -0.3 is 39.9 Å². The molecule has 14 nitrogen and oxygen atoms in total. The van der Waals surface area contributed by atoms with Gasteiger partial charge in [-0.15, -0.1) is 0 Å². The van der Waals surface area contributed by atoms with Crippen LogP contribution in [0.5, 0.6) is 0 Å². The van der Waals surface area contributed by atoms with Crippen molar-refractivity contribution in [2.45, 2.75) is 77.5 Å². The topological polar surface area (TPSA) is 175 Å². The van der Waals surface area contributed by atoms with E-state index in [-0.39, 0.29) is 35.7 Å². The number of nitrogens with one attached hydrogen (secondary N) is 4. The lowest BCUT2D eigenvalue weighted by Gasteiger charge is -2.30. The lowest BCUT2D eigenvalue weighted by atomic mass is 10.0. The Bertz CT molecular complexity index is 2150. The highest BCUT2D eigenvalue weighted by Gasteiger charge is 2.39. The van der Waals surface area contributed by atoms with Crippen LogP contribution in [0.2, 0.25) is 0 Å². The number of nitrogens with zero attached hydrogens (tertiary/aromatic N) is 4. The van der Waals surface area contributed by atoms with Crippen LogP contribution in [0.15, 0.2) is 54.9 Å². The molecule has 2 saturated heterocycles. The number of ether oxygens (including phenoxy) is 2. The van der Waals surface area contributed by atoms with Crippen molar-refractivity contribution < 1.29 is 33.0 Å². The lowest BCUT2D eigenvalue weighted by Crippen LogP contribution is -2.51. The number of benzene rings is 2. The van der Waals surface area contributed by atoms with Gasteiger partial charge in [0.05, 0.1) is 50.1 Å². The second-order valence-electron chi connectivity index (χ2n) is 15.0. The number of hydrogen-bond acceptors (Lipinski definition) is 8. The monoisotopic (exact) mass is 780 g/mol. The Labute approximate surface area is 331 Å². The Hall–Kier alpha value is -6.17. The summed E-state index contributed by atoms with van der Waals surface area (Å²) >= 11 is 0. The van der Waals surface area contributed by atoms with Crippen molar-refractivity contribution in [1.82, 2.24) is 40.4 Å². The van der Waals surface area contributed by atoms with E-state index in [4.69, 9.17) is 9.47 Å². The summed E-state index contributed by atoms with van der Waals surface area (Å²) in [6, 6.07) is 10.3. The molecule has 0 aliphatic carbocycles. The fourth-order valence-electron chi connectivity index (χ4n) is 7.37. The van der Waals surface area contributed by atoms with Gasteiger partial charge in [0.2, 0.25) is 11.8 Å². The molecule has 4 aromatic rings. The van der Waals surface area contributed by atoms with E-state index in [9.17, 15) is 19.2 Å². The highest BCUT2D eigenvalue weighted by Crippen LogP contribution is 2.34. The van der Waals surface area contributed by atoms with Gasteiger partial charge in [0.15, 0.2) is 0 Å². The van der Waals surface area contributed by atoms with E-state index in [0.717, 1.165) is 36.1 Å². The predicted molar refractivity (Wildman–Crippen MR) is 210 cm³/mol. The summed E-state index contributed by atoms with van der Waals surface area (Å²) in [5, 5.41) is 5.31. The molecule has 6 rings (SSSR count). The summed E-state index contributed by atoms with van der Waals surface area (Å²) in [4.78, 5) is 70.0. The van der Waals surface area contributed by atoms with E-state index in [1.54, 1.807) is 34.3 Å². The highest BCUT2D eigenvalue weighted by molar-refractivity contribution is 5.87. The molecule has 15 heteroatoms. The number of rotatable bonds is 10. The number of aromatic nitrogens is 4. The summed E-state index contributed by atoms with van der Waals surface area (Å²) in [5.74, 6) is 6.24. The maximum Gasteiger partial charge on any atom is 0.407 e. The van der Waals surface area contributed by atoms with Gasteiger partial charge in [0.25, 0.3) is 0 Å². The van der Waals surface area contributed by atoms with E-state index in [0.29, 0.717) is 48.0 Å². The van der Waals surface area contributed by atoms with Crippen LogP contribution in [-0.4, -0.2) is 93.1 Å². The number of imidazole rings is 2. The molecule has 1 unspecified atom stereocenters. The minimum absolute atomic E-state index is 0.126. The van der Waals surface area contributed by atoms with Gasteiger partial charge in [-0.3, -0.25) is 9.59 Å². The molecule has 2 aliphatic rings. The number of methoxy groups -OCH3 is 2. The number of likely N-dealkylation sites (tertiary alicyclic amines) is 2. The van der Waals surface area contributed by atoms with Crippen molar-refractivity contribution in [1.29, 1.82) is 0 Å². The van der Waals surface area contributed by atoms with E-state index < -0.39 is 30.1 Å². The molecule has 0 bridgehead atoms. The molecule has 2 aromatic carbocycles. The third-order valence-electron chi connectivity index (χ3n) is 10.5. The van der Waals surface area contributed by atoms with Gasteiger partial charge in [-0.2, -0.15) is 0 Å². The summed E-state index contributed by atoms with van der Waals surface area (Å²) in [5.41, 5.74) is 3.73. The van der Waals surface area contributed by atoms with Crippen LogP contribution in [0.1, 0.15) is 88.2 Å². The van der Waals surface area contributed by atoms with Crippen LogP contribution < -0.4 is 10.6 Å². The average Bonchev–Trinajstić information content (AvgIpc) is 4.04. The Kier molecular flexibility index (Phi) is 12.6. The number of halogens is 1. The molecule has 300 valence electrons. The second-order valence-corrected chi connectivity index (χ2v) is 15.0. The first-order chi connectivity index (χ1) is 27.4. The summed E-state index contributed by atoms with van der Waals surface area (Å²) in [6.45, 7) is 8.55. The van der Waals surface area contributed by atoms with Crippen LogP contribution in [0.4, 0.5) is 14.0 Å². The van der Waals surface area contributed by atoms with Gasteiger partial charge >= 0.3 is 12.2 Å². The predicted octanol–water partition coefficient (Wildman–Crippen LogP) is 6.09. The molecule has 4 amide bonds. The smallest absolute Gasteiger partial charge is 0.407 e. The first-order valence-electron chi connectivity index (χ1n) is 19.2. The highest BCUT2D eigenvalue weighted by atomic mass is 19.1. The van der Waals surface area contributed by atoms with E-state index in [1.165, 1.54) is 20.3 Å². The molecular formula is C42H49FN8O6. The fourth-order valence-corrected chi connectivity index (χ4v) is 7.37. The maximum atomic E-state index is 15.5. The van der Waals surface area contributed by atoms with Crippen LogP contribution in [0, 0.1) is 29.5 Å². The van der Waals surface area contributed by atoms with Crippen molar-refractivity contribution in [3.8, 4) is 34.4 Å². The Morgan fingerprint density at radius 2 is 1.21 bits per heavy atom. The SMILES string of the molecule is COC(=O)NC(C(=O)N1CCC[C@H]1c1ncc(-c2ccc(C#Cc3ccc(-c4cnc([C@@H]5CCCN5C(=O)[C@@H](NC(=O)OC)C(C)C)[nH]4)c(F)c3)cc2)[nH]1)C(C)C. The molecular weight excluding hydrogens is 732 g/mol. The molecule has 4 heterocycles. The number of alkyl carbamates (subject to hydrolysis) is 2. The minimum Gasteiger partial charge on any atom is -0.453 e. The summed E-state index contributed by atoms with van der Waals surface area (Å²) < 4.78 is 24.9. The molecule has 4 atom stereocenters. The van der Waals surface area contributed by atoms with Crippen LogP contribution >= 0.6 is 0 Å². The van der Waals surface area contributed by atoms with Crippen molar-refractivity contribution in [3.63, 3.8) is 0 Å². The van der Waals surface area contributed by atoms with Gasteiger partial charge in [-0.25, -0.2) is 23.9 Å².